The van der Waals surface area contributed by atoms with E-state index in [0.717, 1.165) is 6.92 Å². The maximum absolute atomic E-state index is 12.4. The summed E-state index contributed by atoms with van der Waals surface area (Å²) in [4.78, 5) is 11.1. The first-order valence-corrected chi connectivity index (χ1v) is 5.62. The van der Waals surface area contributed by atoms with Crippen molar-refractivity contribution in [2.45, 2.75) is 13.1 Å². The van der Waals surface area contributed by atoms with E-state index in [2.05, 4.69) is 10.2 Å². The van der Waals surface area contributed by atoms with Crippen molar-refractivity contribution in [1.82, 2.24) is 0 Å². The van der Waals surface area contributed by atoms with Gasteiger partial charge in [0.15, 0.2) is 23.0 Å². The zero-order chi connectivity index (χ0) is 15.6. The SMILES string of the molecule is CC(=O)C(N=Nc1ccc2c(c1)OCO2)=C(O)C(F)(F)F. The molecule has 0 fully saturated rings. The second kappa shape index (κ2) is 5.43. The van der Waals surface area contributed by atoms with E-state index in [1.54, 1.807) is 0 Å². The summed E-state index contributed by atoms with van der Waals surface area (Å²) >= 11 is 0. The Labute approximate surface area is 116 Å². The first-order chi connectivity index (χ1) is 9.79. The molecule has 1 aliphatic rings. The molecule has 112 valence electrons. The number of aliphatic hydroxyl groups is 1. The van der Waals surface area contributed by atoms with Crippen LogP contribution in [0.25, 0.3) is 0 Å². The third-order valence-corrected chi connectivity index (χ3v) is 2.45. The van der Waals surface area contributed by atoms with Crippen molar-refractivity contribution >= 4 is 11.5 Å². The van der Waals surface area contributed by atoms with Crippen molar-refractivity contribution < 1.29 is 32.5 Å². The average molecular weight is 302 g/mol. The number of rotatable bonds is 3. The number of ketones is 1. The summed E-state index contributed by atoms with van der Waals surface area (Å²) in [6, 6.07) is 4.30. The van der Waals surface area contributed by atoms with Crippen LogP contribution in [0.15, 0.2) is 39.9 Å². The second-order valence-electron chi connectivity index (χ2n) is 3.99. The fourth-order valence-corrected chi connectivity index (χ4v) is 1.47. The van der Waals surface area contributed by atoms with Crippen molar-refractivity contribution in [3.63, 3.8) is 0 Å². The first-order valence-electron chi connectivity index (χ1n) is 5.62. The minimum atomic E-state index is -5.07. The summed E-state index contributed by atoms with van der Waals surface area (Å²) in [7, 11) is 0. The Hall–Kier alpha value is -2.58. The average Bonchev–Trinajstić information content (AvgIpc) is 2.84. The van der Waals surface area contributed by atoms with Gasteiger partial charge in [-0.25, -0.2) is 0 Å². The number of halogens is 3. The number of fused-ring (bicyclic) bond motifs is 1. The van der Waals surface area contributed by atoms with Gasteiger partial charge in [-0.2, -0.15) is 18.3 Å². The Bertz CT molecular complexity index is 638. The number of carbonyl (C=O) groups excluding carboxylic acids is 1. The number of benzene rings is 1. The van der Waals surface area contributed by atoms with E-state index in [-0.39, 0.29) is 12.5 Å². The number of azo groups is 1. The van der Waals surface area contributed by atoms with Gasteiger partial charge in [-0.05, 0) is 12.1 Å². The molecule has 6 nitrogen and oxygen atoms in total. The standard InChI is InChI=1S/C12H9F3N2O4/c1-6(18)10(11(19)12(13,14)15)17-16-7-2-3-8-9(4-7)21-5-20-8/h2-4,19H,5H2,1H3. The van der Waals surface area contributed by atoms with Gasteiger partial charge in [-0.3, -0.25) is 4.79 Å². The smallest absolute Gasteiger partial charge is 0.451 e. The molecule has 1 aliphatic heterocycles. The van der Waals surface area contributed by atoms with Crippen LogP contribution in [0.3, 0.4) is 0 Å². The maximum atomic E-state index is 12.4. The van der Waals surface area contributed by atoms with Crippen molar-refractivity contribution in [3.05, 3.63) is 29.7 Å². The number of carbonyl (C=O) groups is 1. The lowest BCUT2D eigenvalue weighted by Crippen LogP contribution is -2.16. The fraction of sp³-hybridized carbons (Fsp3) is 0.250. The molecule has 0 aromatic heterocycles. The highest BCUT2D eigenvalue weighted by Crippen LogP contribution is 2.35. The Kier molecular flexibility index (Phi) is 3.83. The number of ether oxygens (including phenoxy) is 2. The molecule has 1 heterocycles. The molecule has 0 unspecified atom stereocenters. The summed E-state index contributed by atoms with van der Waals surface area (Å²) in [5.41, 5.74) is -1.02. The van der Waals surface area contributed by atoms with Gasteiger partial charge >= 0.3 is 6.18 Å². The van der Waals surface area contributed by atoms with Crippen LogP contribution in [0, 0.1) is 0 Å². The van der Waals surface area contributed by atoms with Crippen molar-refractivity contribution in [2.75, 3.05) is 6.79 Å². The molecule has 0 radical (unpaired) electrons. The summed E-state index contributed by atoms with van der Waals surface area (Å²) in [6.45, 7) is 0.874. The molecule has 1 aromatic rings. The molecule has 0 saturated carbocycles. The fourth-order valence-electron chi connectivity index (χ4n) is 1.47. The van der Waals surface area contributed by atoms with E-state index in [4.69, 9.17) is 14.6 Å². The van der Waals surface area contributed by atoms with Gasteiger partial charge in [0.05, 0.1) is 5.69 Å². The molecule has 0 amide bonds. The molecule has 21 heavy (non-hydrogen) atoms. The predicted octanol–water partition coefficient (Wildman–Crippen LogP) is 3.42. The number of nitrogens with zero attached hydrogens (tertiary/aromatic N) is 2. The maximum Gasteiger partial charge on any atom is 0.451 e. The summed E-state index contributed by atoms with van der Waals surface area (Å²) < 4.78 is 47.2. The van der Waals surface area contributed by atoms with Gasteiger partial charge in [0.2, 0.25) is 12.6 Å². The molecule has 1 aromatic carbocycles. The van der Waals surface area contributed by atoms with Crippen LogP contribution in [0.1, 0.15) is 6.92 Å². The summed E-state index contributed by atoms with van der Waals surface area (Å²) in [5.74, 6) is -2.32. The lowest BCUT2D eigenvalue weighted by atomic mass is 10.2. The highest BCUT2D eigenvalue weighted by Gasteiger charge is 2.38. The monoisotopic (exact) mass is 302 g/mol. The first kappa shape index (κ1) is 14.8. The molecular formula is C12H9F3N2O4. The number of alkyl halides is 3. The summed E-state index contributed by atoms with van der Waals surface area (Å²) in [6.07, 6.45) is -5.07. The molecule has 0 saturated heterocycles. The Morgan fingerprint density at radius 1 is 1.29 bits per heavy atom. The molecule has 0 atom stereocenters. The number of hydrogen-bond donors (Lipinski definition) is 1. The van der Waals surface area contributed by atoms with Gasteiger partial charge < -0.3 is 14.6 Å². The Balaban J connectivity index is 2.31. The topological polar surface area (TPSA) is 80.5 Å². The van der Waals surface area contributed by atoms with E-state index in [9.17, 15) is 18.0 Å². The number of allylic oxidation sites excluding steroid dienone is 2. The van der Waals surface area contributed by atoms with Gasteiger partial charge in [0, 0.05) is 13.0 Å². The van der Waals surface area contributed by atoms with E-state index >= 15 is 0 Å². The largest absolute Gasteiger partial charge is 0.503 e. The Morgan fingerprint density at radius 2 is 1.95 bits per heavy atom. The zero-order valence-electron chi connectivity index (χ0n) is 10.6. The van der Waals surface area contributed by atoms with Gasteiger partial charge in [0.25, 0.3) is 0 Å². The molecule has 0 aliphatic carbocycles. The quantitative estimate of drug-likeness (QED) is 0.527. The molecular weight excluding hydrogens is 293 g/mol. The molecule has 0 spiro atoms. The number of aliphatic hydroxyl groups excluding tert-OH is 1. The van der Waals surface area contributed by atoms with Crippen molar-refractivity contribution in [3.8, 4) is 11.5 Å². The van der Waals surface area contributed by atoms with E-state index in [1.807, 2.05) is 0 Å². The van der Waals surface area contributed by atoms with Crippen molar-refractivity contribution in [2.24, 2.45) is 10.2 Å². The zero-order valence-corrected chi connectivity index (χ0v) is 10.6. The predicted molar refractivity (Wildman–Crippen MR) is 63.5 cm³/mol. The van der Waals surface area contributed by atoms with Crippen LogP contribution in [0.2, 0.25) is 0 Å². The molecule has 2 rings (SSSR count). The minimum Gasteiger partial charge on any atom is -0.503 e. The lowest BCUT2D eigenvalue weighted by molar-refractivity contribution is -0.126. The van der Waals surface area contributed by atoms with Crippen LogP contribution in [-0.4, -0.2) is 23.9 Å². The van der Waals surface area contributed by atoms with Gasteiger partial charge in [-0.15, -0.1) is 5.11 Å². The summed E-state index contributed by atoms with van der Waals surface area (Å²) in [5, 5.41) is 15.6. The molecule has 9 heteroatoms. The highest BCUT2D eigenvalue weighted by molar-refractivity contribution is 5.93. The van der Waals surface area contributed by atoms with Gasteiger partial charge in [0.1, 0.15) is 0 Å². The van der Waals surface area contributed by atoms with E-state index in [1.165, 1.54) is 18.2 Å². The third kappa shape index (κ3) is 3.30. The van der Waals surface area contributed by atoms with Crippen LogP contribution in [-0.2, 0) is 4.79 Å². The van der Waals surface area contributed by atoms with Crippen LogP contribution < -0.4 is 9.47 Å². The lowest BCUT2D eigenvalue weighted by Gasteiger charge is -2.06. The number of Topliss-reactive ketones (excluding diaryl/α,β-unsaturated/α-hetero) is 1. The molecule has 1 N–H and O–H groups in total. The van der Waals surface area contributed by atoms with Crippen molar-refractivity contribution in [1.29, 1.82) is 0 Å². The van der Waals surface area contributed by atoms with E-state index < -0.39 is 23.4 Å². The second-order valence-corrected chi connectivity index (χ2v) is 3.99. The third-order valence-electron chi connectivity index (χ3n) is 2.45. The highest BCUT2D eigenvalue weighted by atomic mass is 19.4. The minimum absolute atomic E-state index is 0.0311. The van der Waals surface area contributed by atoms with E-state index in [0.29, 0.717) is 11.5 Å². The molecule has 0 bridgehead atoms. The Morgan fingerprint density at radius 3 is 2.57 bits per heavy atom. The normalized spacial score (nSPS) is 15.2. The van der Waals surface area contributed by atoms with Crippen LogP contribution in [0.5, 0.6) is 11.5 Å². The van der Waals surface area contributed by atoms with Crippen LogP contribution >= 0.6 is 0 Å². The van der Waals surface area contributed by atoms with Crippen LogP contribution in [0.4, 0.5) is 18.9 Å². The number of hydrogen-bond acceptors (Lipinski definition) is 6. The van der Waals surface area contributed by atoms with Gasteiger partial charge in [-0.1, -0.05) is 0 Å².